The molecule has 0 aromatic rings. The van der Waals surface area contributed by atoms with Crippen molar-refractivity contribution in [1.82, 2.24) is 10.6 Å². The van der Waals surface area contributed by atoms with Gasteiger partial charge in [-0.3, -0.25) is 24.0 Å². The van der Waals surface area contributed by atoms with Crippen molar-refractivity contribution >= 4 is 29.7 Å². The molecule has 1 saturated heterocycles. The Kier molecular flexibility index (Phi) is 13.8. The van der Waals surface area contributed by atoms with Gasteiger partial charge in [0, 0.05) is 47.3 Å². The summed E-state index contributed by atoms with van der Waals surface area (Å²) in [6.07, 6.45) is -2.47. The Morgan fingerprint density at radius 3 is 2.11 bits per heavy atom. The Morgan fingerprint density at radius 2 is 1.54 bits per heavy atom. The second-order valence-corrected chi connectivity index (χ2v) is 8.04. The zero-order chi connectivity index (χ0) is 26.4. The van der Waals surface area contributed by atoms with Crippen molar-refractivity contribution in [2.24, 2.45) is 5.73 Å². The van der Waals surface area contributed by atoms with Crippen LogP contribution in [0.3, 0.4) is 0 Å². The van der Waals surface area contributed by atoms with Gasteiger partial charge in [0.25, 0.3) is 0 Å². The average Bonchev–Trinajstić information content (AvgIpc) is 2.75. The van der Waals surface area contributed by atoms with E-state index in [1.165, 1.54) is 20.8 Å². The molecule has 0 aromatic carbocycles. The van der Waals surface area contributed by atoms with Crippen molar-refractivity contribution in [3.63, 3.8) is 0 Å². The molecule has 1 aliphatic rings. The molecule has 0 radical (unpaired) electrons. The lowest BCUT2D eigenvalue weighted by Crippen LogP contribution is -2.66. The molecular formula is C22H37N3O10. The summed E-state index contributed by atoms with van der Waals surface area (Å²) in [5, 5.41) is 5.39. The van der Waals surface area contributed by atoms with Gasteiger partial charge in [-0.05, 0) is 25.8 Å². The average molecular weight is 504 g/mol. The Morgan fingerprint density at radius 1 is 0.886 bits per heavy atom. The zero-order valence-electron chi connectivity index (χ0n) is 20.7. The Balaban J connectivity index is 2.92. The summed E-state index contributed by atoms with van der Waals surface area (Å²) >= 11 is 0. The maximum Gasteiger partial charge on any atom is 0.303 e. The second kappa shape index (κ2) is 16.0. The first kappa shape index (κ1) is 30.3. The van der Waals surface area contributed by atoms with Crippen LogP contribution >= 0.6 is 0 Å². The maximum absolute atomic E-state index is 11.9. The minimum absolute atomic E-state index is 0.0934. The summed E-state index contributed by atoms with van der Waals surface area (Å²) in [6.45, 7) is 5.66. The van der Waals surface area contributed by atoms with E-state index in [0.717, 1.165) is 6.92 Å². The first-order valence-corrected chi connectivity index (χ1v) is 11.5. The maximum atomic E-state index is 11.9. The molecule has 4 N–H and O–H groups in total. The van der Waals surface area contributed by atoms with Crippen molar-refractivity contribution in [1.29, 1.82) is 0 Å². The molecular weight excluding hydrogens is 466 g/mol. The topological polar surface area (TPSA) is 182 Å². The van der Waals surface area contributed by atoms with Crippen molar-refractivity contribution < 1.29 is 47.7 Å². The monoisotopic (exact) mass is 503 g/mol. The fourth-order valence-electron chi connectivity index (χ4n) is 3.44. The molecule has 200 valence electrons. The highest BCUT2D eigenvalue weighted by atomic mass is 16.7. The number of rotatable bonds is 14. The Labute approximate surface area is 204 Å². The summed E-state index contributed by atoms with van der Waals surface area (Å²) in [7, 11) is 0. The van der Waals surface area contributed by atoms with E-state index < -0.39 is 54.5 Å². The van der Waals surface area contributed by atoms with Gasteiger partial charge in [0.1, 0.15) is 18.8 Å². The van der Waals surface area contributed by atoms with Gasteiger partial charge in [0.2, 0.25) is 11.8 Å². The van der Waals surface area contributed by atoms with E-state index in [9.17, 15) is 24.0 Å². The molecule has 0 unspecified atom stereocenters. The summed E-state index contributed by atoms with van der Waals surface area (Å²) in [6, 6.07) is -1.02. The van der Waals surface area contributed by atoms with Gasteiger partial charge in [-0.15, -0.1) is 0 Å². The number of carbonyl (C=O) groups excluding carboxylic acids is 5. The van der Waals surface area contributed by atoms with Crippen molar-refractivity contribution in [3.8, 4) is 0 Å². The van der Waals surface area contributed by atoms with Crippen LogP contribution in [0, 0.1) is 0 Å². The number of nitrogens with one attached hydrogen (secondary N) is 2. The third-order valence-corrected chi connectivity index (χ3v) is 4.85. The third-order valence-electron chi connectivity index (χ3n) is 4.85. The van der Waals surface area contributed by atoms with E-state index in [-0.39, 0.29) is 19.1 Å². The summed E-state index contributed by atoms with van der Waals surface area (Å²) in [4.78, 5) is 58.6. The number of hydrogen-bond acceptors (Lipinski definition) is 11. The van der Waals surface area contributed by atoms with E-state index >= 15 is 0 Å². The minimum atomic E-state index is -1.18. The largest absolute Gasteiger partial charge is 0.463 e. The number of hydrogen-bond donors (Lipinski definition) is 3. The lowest BCUT2D eigenvalue weighted by Gasteiger charge is -2.44. The van der Waals surface area contributed by atoms with Crippen LogP contribution in [-0.2, 0) is 47.7 Å². The van der Waals surface area contributed by atoms with Crippen LogP contribution in [0.2, 0.25) is 0 Å². The third kappa shape index (κ3) is 12.0. The van der Waals surface area contributed by atoms with E-state index in [2.05, 4.69) is 10.6 Å². The predicted octanol–water partition coefficient (Wildman–Crippen LogP) is -0.706. The number of amides is 2. The molecule has 5 atom stereocenters. The van der Waals surface area contributed by atoms with Gasteiger partial charge in [0.05, 0.1) is 0 Å². The molecule has 0 spiro atoms. The first-order valence-electron chi connectivity index (χ1n) is 11.5. The highest BCUT2D eigenvalue weighted by Gasteiger charge is 2.51. The van der Waals surface area contributed by atoms with Gasteiger partial charge < -0.3 is 40.1 Å². The molecule has 13 heteroatoms. The Bertz CT molecular complexity index is 732. The molecule has 35 heavy (non-hydrogen) atoms. The van der Waals surface area contributed by atoms with Crippen LogP contribution in [0.4, 0.5) is 0 Å². The molecule has 1 aliphatic heterocycles. The summed E-state index contributed by atoms with van der Waals surface area (Å²) in [5.41, 5.74) is 5.40. The standard InChI is InChI=1S/C22H37N3O10/c1-13(26)25-19-21(34-16(4)29)20(33-15(3)28)17(12-32-14(2)27)35-22(19)31-11-6-5-8-18(30)24-10-7-9-23/h17,19-22H,5-12,23H2,1-4H3,(H,24,30)(H,25,26)/t17-,19-,20+,21-,22-/m1/s1. The fourth-order valence-corrected chi connectivity index (χ4v) is 3.44. The predicted molar refractivity (Wildman–Crippen MR) is 120 cm³/mol. The normalized spacial score (nSPS) is 23.6. The summed E-state index contributed by atoms with van der Waals surface area (Å²) < 4.78 is 27.5. The molecule has 13 nitrogen and oxygen atoms in total. The van der Waals surface area contributed by atoms with Crippen LogP contribution < -0.4 is 16.4 Å². The molecule has 0 saturated carbocycles. The second-order valence-electron chi connectivity index (χ2n) is 8.04. The van der Waals surface area contributed by atoms with Gasteiger partial charge in [-0.25, -0.2) is 0 Å². The highest BCUT2D eigenvalue weighted by molar-refractivity contribution is 5.75. The molecule has 0 bridgehead atoms. The van der Waals surface area contributed by atoms with Crippen LogP contribution in [-0.4, -0.2) is 86.7 Å². The minimum Gasteiger partial charge on any atom is -0.463 e. The van der Waals surface area contributed by atoms with E-state index in [1.54, 1.807) is 0 Å². The van der Waals surface area contributed by atoms with E-state index in [0.29, 0.717) is 38.8 Å². The van der Waals surface area contributed by atoms with Crippen LogP contribution in [0.5, 0.6) is 0 Å². The van der Waals surface area contributed by atoms with E-state index in [4.69, 9.17) is 29.4 Å². The molecule has 1 fully saturated rings. The highest BCUT2D eigenvalue weighted by Crippen LogP contribution is 2.28. The summed E-state index contributed by atoms with van der Waals surface area (Å²) in [5.74, 6) is -2.52. The quantitative estimate of drug-likeness (QED) is 0.155. The lowest BCUT2D eigenvalue weighted by atomic mass is 9.96. The fraction of sp³-hybridized carbons (Fsp3) is 0.773. The van der Waals surface area contributed by atoms with Crippen molar-refractivity contribution in [2.75, 3.05) is 26.3 Å². The van der Waals surface area contributed by atoms with Crippen LogP contribution in [0.25, 0.3) is 0 Å². The molecule has 2 amide bonds. The molecule has 0 aromatic heterocycles. The van der Waals surface area contributed by atoms with E-state index in [1.807, 2.05) is 0 Å². The number of carbonyl (C=O) groups is 5. The van der Waals surface area contributed by atoms with Gasteiger partial charge in [-0.2, -0.15) is 0 Å². The van der Waals surface area contributed by atoms with Gasteiger partial charge in [0.15, 0.2) is 18.5 Å². The molecule has 0 aliphatic carbocycles. The molecule has 1 heterocycles. The SMILES string of the molecule is CC(=O)N[C@H]1[C@H](OCCCCC(=O)NCCCN)O[C@H](COC(C)=O)[C@H](OC(C)=O)[C@@H]1OC(C)=O. The number of nitrogens with two attached hydrogens (primary N) is 1. The number of ether oxygens (including phenoxy) is 5. The number of unbranched alkanes of at least 4 members (excludes halogenated alkanes) is 1. The van der Waals surface area contributed by atoms with Crippen molar-refractivity contribution in [2.45, 2.75) is 84.0 Å². The molecule has 1 rings (SSSR count). The lowest BCUT2D eigenvalue weighted by molar-refractivity contribution is -0.277. The van der Waals surface area contributed by atoms with Gasteiger partial charge >= 0.3 is 17.9 Å². The number of esters is 3. The van der Waals surface area contributed by atoms with Crippen molar-refractivity contribution in [3.05, 3.63) is 0 Å². The van der Waals surface area contributed by atoms with Crippen LogP contribution in [0.1, 0.15) is 53.4 Å². The smallest absolute Gasteiger partial charge is 0.303 e. The zero-order valence-corrected chi connectivity index (χ0v) is 20.7. The Hall–Kier alpha value is -2.77. The first-order chi connectivity index (χ1) is 16.5. The van der Waals surface area contributed by atoms with Gasteiger partial charge in [-0.1, -0.05) is 0 Å². The van der Waals surface area contributed by atoms with Crippen LogP contribution in [0.15, 0.2) is 0 Å².